The van der Waals surface area contributed by atoms with Gasteiger partial charge >= 0.3 is 6.03 Å². The van der Waals surface area contributed by atoms with Gasteiger partial charge in [0.2, 0.25) is 0 Å². The van der Waals surface area contributed by atoms with Crippen LogP contribution in [0.15, 0.2) is 37.1 Å². The number of amides is 2. The molecule has 2 aliphatic carbocycles. The molecule has 2 aromatic heterocycles. The van der Waals surface area contributed by atoms with Gasteiger partial charge in [-0.2, -0.15) is 0 Å². The maximum absolute atomic E-state index is 12.2. The molecule has 2 heterocycles. The quantitative estimate of drug-likeness (QED) is 0.879. The summed E-state index contributed by atoms with van der Waals surface area (Å²) in [6.45, 7) is 0.497. The van der Waals surface area contributed by atoms with Gasteiger partial charge in [-0.25, -0.2) is 14.8 Å². The third-order valence-corrected chi connectivity index (χ3v) is 5.44. The molecule has 0 aliphatic heterocycles. The standard InChI is InChI=1S/C19H25N5O/c25-19(23-17-11-16(17)15-4-2-1-3-5-15)22-12-14-6-7-21-18(10-14)24-9-8-20-13-24/h6-10,13,15-17H,1-5,11-12H2,(H2,22,23,25)/t16-,17+/m0/s1. The van der Waals surface area contributed by atoms with Gasteiger partial charge in [-0.3, -0.25) is 4.57 Å². The zero-order chi connectivity index (χ0) is 17.1. The van der Waals surface area contributed by atoms with Crippen LogP contribution in [0.5, 0.6) is 0 Å². The van der Waals surface area contributed by atoms with E-state index in [1.54, 1.807) is 18.7 Å². The number of hydrogen-bond donors (Lipinski definition) is 2. The van der Waals surface area contributed by atoms with Gasteiger partial charge in [-0.1, -0.05) is 32.1 Å². The average molecular weight is 339 g/mol. The number of aromatic nitrogens is 3. The van der Waals surface area contributed by atoms with Crippen molar-refractivity contribution >= 4 is 6.03 Å². The summed E-state index contributed by atoms with van der Waals surface area (Å²) >= 11 is 0. The predicted molar refractivity (Wildman–Crippen MR) is 95.2 cm³/mol. The topological polar surface area (TPSA) is 71.8 Å². The minimum atomic E-state index is -0.0655. The zero-order valence-electron chi connectivity index (χ0n) is 14.4. The molecule has 6 heteroatoms. The molecule has 0 saturated heterocycles. The smallest absolute Gasteiger partial charge is 0.315 e. The lowest BCUT2D eigenvalue weighted by molar-refractivity contribution is 0.237. The van der Waals surface area contributed by atoms with Crippen molar-refractivity contribution in [1.29, 1.82) is 0 Å². The van der Waals surface area contributed by atoms with Crippen molar-refractivity contribution in [3.05, 3.63) is 42.6 Å². The molecule has 2 fully saturated rings. The number of carbonyl (C=O) groups is 1. The van der Waals surface area contributed by atoms with Crippen LogP contribution in [0.1, 0.15) is 44.1 Å². The van der Waals surface area contributed by atoms with Gasteiger partial charge in [0, 0.05) is 31.2 Å². The van der Waals surface area contributed by atoms with Crippen molar-refractivity contribution in [3.63, 3.8) is 0 Å². The van der Waals surface area contributed by atoms with Gasteiger partial charge in [0.15, 0.2) is 0 Å². The molecule has 6 nitrogen and oxygen atoms in total. The summed E-state index contributed by atoms with van der Waals surface area (Å²) in [4.78, 5) is 20.5. The highest BCUT2D eigenvalue weighted by Crippen LogP contribution is 2.44. The Morgan fingerprint density at radius 1 is 1.24 bits per heavy atom. The molecule has 0 bridgehead atoms. The lowest BCUT2D eigenvalue weighted by Gasteiger charge is -2.21. The second-order valence-corrected chi connectivity index (χ2v) is 7.22. The Morgan fingerprint density at radius 3 is 2.92 bits per heavy atom. The van der Waals surface area contributed by atoms with E-state index >= 15 is 0 Å². The van der Waals surface area contributed by atoms with E-state index in [1.807, 2.05) is 22.9 Å². The first-order chi connectivity index (χ1) is 12.3. The molecule has 4 rings (SSSR count). The van der Waals surface area contributed by atoms with Gasteiger partial charge in [0.1, 0.15) is 12.1 Å². The first kappa shape index (κ1) is 16.1. The number of rotatable bonds is 5. The summed E-state index contributed by atoms with van der Waals surface area (Å²) in [5, 5.41) is 6.10. The Bertz CT molecular complexity index is 708. The largest absolute Gasteiger partial charge is 0.335 e. The number of pyridine rings is 1. The van der Waals surface area contributed by atoms with E-state index in [0.29, 0.717) is 18.5 Å². The van der Waals surface area contributed by atoms with Crippen LogP contribution in [0.2, 0.25) is 0 Å². The highest BCUT2D eigenvalue weighted by Gasteiger charge is 2.43. The van der Waals surface area contributed by atoms with Crippen molar-refractivity contribution in [2.45, 2.75) is 51.1 Å². The molecular weight excluding hydrogens is 314 g/mol. The number of hydrogen-bond acceptors (Lipinski definition) is 3. The highest BCUT2D eigenvalue weighted by atomic mass is 16.2. The van der Waals surface area contributed by atoms with Gasteiger partial charge in [0.05, 0.1) is 0 Å². The summed E-state index contributed by atoms with van der Waals surface area (Å²) in [6, 6.07) is 4.19. The van der Waals surface area contributed by atoms with Gasteiger partial charge in [-0.05, 0) is 36.0 Å². The first-order valence-electron chi connectivity index (χ1n) is 9.27. The minimum Gasteiger partial charge on any atom is -0.335 e. The normalized spacial score (nSPS) is 23.2. The number of nitrogens with zero attached hydrogens (tertiary/aromatic N) is 3. The van der Waals surface area contributed by atoms with Crippen molar-refractivity contribution in [2.75, 3.05) is 0 Å². The number of carbonyl (C=O) groups excluding carboxylic acids is 1. The van der Waals surface area contributed by atoms with Gasteiger partial charge in [-0.15, -0.1) is 0 Å². The molecule has 2 aliphatic rings. The lowest BCUT2D eigenvalue weighted by atomic mass is 9.85. The lowest BCUT2D eigenvalue weighted by Crippen LogP contribution is -2.37. The predicted octanol–water partition coefficient (Wildman–Crippen LogP) is 3.04. The van der Waals surface area contributed by atoms with Crippen LogP contribution >= 0.6 is 0 Å². The van der Waals surface area contributed by atoms with E-state index in [4.69, 9.17) is 0 Å². The third kappa shape index (κ3) is 4.00. The molecule has 2 amide bonds. The van der Waals surface area contributed by atoms with Crippen LogP contribution in [0.3, 0.4) is 0 Å². The third-order valence-electron chi connectivity index (χ3n) is 5.44. The van der Waals surface area contributed by atoms with Crippen LogP contribution < -0.4 is 10.6 Å². The molecule has 0 unspecified atom stereocenters. The number of urea groups is 1. The Balaban J connectivity index is 1.25. The zero-order valence-corrected chi connectivity index (χ0v) is 14.4. The molecule has 2 N–H and O–H groups in total. The van der Waals surface area contributed by atoms with Crippen LogP contribution in [-0.2, 0) is 6.54 Å². The van der Waals surface area contributed by atoms with E-state index in [-0.39, 0.29) is 6.03 Å². The van der Waals surface area contributed by atoms with Crippen LogP contribution in [-0.4, -0.2) is 26.6 Å². The number of imidazole rings is 1. The summed E-state index contributed by atoms with van der Waals surface area (Å²) in [7, 11) is 0. The second-order valence-electron chi connectivity index (χ2n) is 7.22. The second kappa shape index (κ2) is 7.25. The summed E-state index contributed by atoms with van der Waals surface area (Å²) < 4.78 is 1.85. The molecule has 0 spiro atoms. The summed E-state index contributed by atoms with van der Waals surface area (Å²) in [6.07, 6.45) is 15.0. The first-order valence-corrected chi connectivity index (χ1v) is 9.27. The van der Waals surface area contributed by atoms with Crippen molar-refractivity contribution in [2.24, 2.45) is 11.8 Å². The Kier molecular flexibility index (Phi) is 4.68. The van der Waals surface area contributed by atoms with E-state index in [2.05, 4.69) is 20.6 Å². The van der Waals surface area contributed by atoms with Crippen molar-refractivity contribution in [1.82, 2.24) is 25.2 Å². The van der Waals surface area contributed by atoms with Crippen LogP contribution in [0, 0.1) is 11.8 Å². The van der Waals surface area contributed by atoms with E-state index < -0.39 is 0 Å². The maximum Gasteiger partial charge on any atom is 0.315 e. The van der Waals surface area contributed by atoms with Crippen LogP contribution in [0.4, 0.5) is 4.79 Å². The summed E-state index contributed by atoms with van der Waals surface area (Å²) in [5.41, 5.74) is 1.02. The van der Waals surface area contributed by atoms with Crippen molar-refractivity contribution in [3.8, 4) is 5.82 Å². The van der Waals surface area contributed by atoms with E-state index in [0.717, 1.165) is 23.7 Å². The van der Waals surface area contributed by atoms with Gasteiger partial charge < -0.3 is 10.6 Å². The Hall–Kier alpha value is -2.37. The van der Waals surface area contributed by atoms with E-state index in [1.165, 1.54) is 32.1 Å². The molecule has 25 heavy (non-hydrogen) atoms. The van der Waals surface area contributed by atoms with Crippen LogP contribution in [0.25, 0.3) is 5.82 Å². The number of nitrogens with one attached hydrogen (secondary N) is 2. The SMILES string of the molecule is O=C(NCc1ccnc(-n2ccnc2)c1)N[C@@H]1C[C@H]1C1CCCCC1. The fourth-order valence-corrected chi connectivity index (χ4v) is 3.97. The summed E-state index contributed by atoms with van der Waals surface area (Å²) in [5.74, 6) is 2.34. The molecule has 2 aromatic rings. The Labute approximate surface area is 148 Å². The molecule has 0 radical (unpaired) electrons. The van der Waals surface area contributed by atoms with Crippen molar-refractivity contribution < 1.29 is 4.79 Å². The molecule has 132 valence electrons. The fourth-order valence-electron chi connectivity index (χ4n) is 3.97. The van der Waals surface area contributed by atoms with E-state index in [9.17, 15) is 4.79 Å². The maximum atomic E-state index is 12.2. The highest BCUT2D eigenvalue weighted by molar-refractivity contribution is 5.74. The monoisotopic (exact) mass is 339 g/mol. The molecule has 0 aromatic carbocycles. The fraction of sp³-hybridized carbons (Fsp3) is 0.526. The minimum absolute atomic E-state index is 0.0655. The molecular formula is C19H25N5O. The molecule has 2 atom stereocenters. The average Bonchev–Trinajstić information content (AvgIpc) is 3.19. The molecule has 2 saturated carbocycles. The van der Waals surface area contributed by atoms with Gasteiger partial charge in [0.25, 0.3) is 0 Å². The Morgan fingerprint density at radius 2 is 2.12 bits per heavy atom.